The van der Waals surface area contributed by atoms with Gasteiger partial charge in [-0.3, -0.25) is 25.2 Å². The summed E-state index contributed by atoms with van der Waals surface area (Å²) in [6, 6.07) is 0. The summed E-state index contributed by atoms with van der Waals surface area (Å²) in [7, 11) is 0. The zero-order chi connectivity index (χ0) is 27.1. The quantitative estimate of drug-likeness (QED) is 0.238. The molecule has 4 rings (SSSR count). The summed E-state index contributed by atoms with van der Waals surface area (Å²) in [6.07, 6.45) is 7.46. The lowest BCUT2D eigenvalue weighted by Crippen LogP contribution is -2.64. The molecule has 0 radical (unpaired) electrons. The summed E-state index contributed by atoms with van der Waals surface area (Å²) < 4.78 is 5.53. The Bertz CT molecular complexity index is 822. The molecule has 0 spiro atoms. The van der Waals surface area contributed by atoms with E-state index in [9.17, 15) is 14.4 Å². The number of likely N-dealkylation sites (tertiary alicyclic amines) is 1. The maximum atomic E-state index is 12.5. The van der Waals surface area contributed by atoms with Crippen LogP contribution in [0.1, 0.15) is 78.6 Å². The molecule has 12 heteroatoms. The van der Waals surface area contributed by atoms with Crippen molar-refractivity contribution in [3.05, 3.63) is 0 Å². The molecule has 0 aromatic carbocycles. The number of carbonyl (C=O) groups is 3. The van der Waals surface area contributed by atoms with Crippen LogP contribution in [0, 0.1) is 17.8 Å². The number of hydrogen-bond donors (Lipinski definition) is 6. The highest BCUT2D eigenvalue weighted by molar-refractivity contribution is 5.79. The van der Waals surface area contributed by atoms with Crippen molar-refractivity contribution >= 4 is 17.9 Å². The third-order valence-electron chi connectivity index (χ3n) is 7.89. The zero-order valence-electron chi connectivity index (χ0n) is 23.1. The minimum atomic E-state index is -0.510. The van der Waals surface area contributed by atoms with Gasteiger partial charge in [0.25, 0.3) is 0 Å². The van der Waals surface area contributed by atoms with Crippen LogP contribution in [0.4, 0.5) is 4.79 Å². The molecule has 4 fully saturated rings. The third kappa shape index (κ3) is 8.25. The van der Waals surface area contributed by atoms with Gasteiger partial charge < -0.3 is 20.3 Å². The highest BCUT2D eigenvalue weighted by Crippen LogP contribution is 2.33. The van der Waals surface area contributed by atoms with Gasteiger partial charge in [0.05, 0.1) is 12.3 Å². The van der Waals surface area contributed by atoms with Crippen molar-refractivity contribution in [2.24, 2.45) is 17.8 Å². The van der Waals surface area contributed by atoms with E-state index in [2.05, 4.69) is 32.3 Å². The van der Waals surface area contributed by atoms with Crippen LogP contribution in [0.2, 0.25) is 0 Å². The van der Waals surface area contributed by atoms with Crippen molar-refractivity contribution in [2.75, 3.05) is 26.2 Å². The lowest BCUT2D eigenvalue weighted by molar-refractivity contribution is -0.134. The van der Waals surface area contributed by atoms with E-state index in [0.717, 1.165) is 45.1 Å². The first kappa shape index (κ1) is 29.0. The number of fused-ring (bicyclic) bond motifs is 1. The zero-order valence-corrected chi connectivity index (χ0v) is 23.1. The summed E-state index contributed by atoms with van der Waals surface area (Å²) in [5.74, 6) is 0.757. The maximum absolute atomic E-state index is 12.5. The first-order valence-electron chi connectivity index (χ1n) is 14.4. The Hall–Kier alpha value is -1.99. The van der Waals surface area contributed by atoms with Gasteiger partial charge >= 0.3 is 6.09 Å². The Balaban J connectivity index is 1.07. The number of amides is 3. The Morgan fingerprint density at radius 1 is 1.13 bits per heavy atom. The van der Waals surface area contributed by atoms with Gasteiger partial charge in [-0.05, 0) is 65.8 Å². The summed E-state index contributed by atoms with van der Waals surface area (Å²) >= 11 is 0. The van der Waals surface area contributed by atoms with Crippen molar-refractivity contribution < 1.29 is 24.0 Å². The third-order valence-corrected chi connectivity index (χ3v) is 7.89. The van der Waals surface area contributed by atoms with Crippen LogP contribution in [-0.2, 0) is 19.2 Å². The summed E-state index contributed by atoms with van der Waals surface area (Å²) in [5.41, 5.74) is 8.47. The van der Waals surface area contributed by atoms with E-state index in [-0.39, 0.29) is 48.3 Å². The number of piperidine rings is 1. The molecule has 4 aliphatic rings. The van der Waals surface area contributed by atoms with Gasteiger partial charge in [-0.2, -0.15) is 5.48 Å². The fourth-order valence-corrected chi connectivity index (χ4v) is 5.93. The van der Waals surface area contributed by atoms with E-state index in [0.29, 0.717) is 38.4 Å². The van der Waals surface area contributed by atoms with Crippen LogP contribution in [0.15, 0.2) is 0 Å². The van der Waals surface area contributed by atoms with Crippen molar-refractivity contribution in [1.82, 2.24) is 37.2 Å². The number of hydrogen-bond acceptors (Lipinski definition) is 9. The average molecular weight is 538 g/mol. The molecule has 12 nitrogen and oxygen atoms in total. The number of carbonyl (C=O) groups excluding carboxylic acids is 3. The molecule has 1 saturated carbocycles. The molecule has 3 heterocycles. The van der Waals surface area contributed by atoms with Crippen LogP contribution in [0.25, 0.3) is 0 Å². The molecule has 0 aromatic rings. The van der Waals surface area contributed by atoms with E-state index in [1.54, 1.807) is 4.90 Å². The lowest BCUT2D eigenvalue weighted by atomic mass is 9.76. The minimum Gasteiger partial charge on any atom is -0.444 e. The van der Waals surface area contributed by atoms with Gasteiger partial charge in [0.2, 0.25) is 11.8 Å². The van der Waals surface area contributed by atoms with Crippen LogP contribution in [-0.4, -0.2) is 73.1 Å². The molecule has 3 amide bonds. The number of ether oxygens (including phenoxy) is 1. The Morgan fingerprint density at radius 2 is 1.95 bits per heavy atom. The van der Waals surface area contributed by atoms with Crippen LogP contribution in [0.5, 0.6) is 0 Å². The first-order valence-corrected chi connectivity index (χ1v) is 14.4. The fraction of sp³-hybridized carbons (Fsp3) is 0.885. The van der Waals surface area contributed by atoms with Crippen LogP contribution >= 0.6 is 0 Å². The second-order valence-electron chi connectivity index (χ2n) is 12.1. The molecular weight excluding hydrogens is 490 g/mol. The van der Waals surface area contributed by atoms with E-state index in [1.165, 1.54) is 6.42 Å². The molecule has 0 aromatic heterocycles. The summed E-state index contributed by atoms with van der Waals surface area (Å²) in [4.78, 5) is 44.3. The molecule has 1 aliphatic carbocycles. The standard InChI is InChI=1S/C26H47N7O5/c1-26(2,3)37-25(36)33-15-6-8-17(16-33)22-29-21(38-32-22)12-11-20(34)27-13-7-14-28-23-18-9-4-5-10-19(18)24(35)31-30-23/h17-19,21-23,28-30,32H,4-16H2,1-3H3,(H,27,34)(H,31,35). The number of hydrazine groups is 1. The van der Waals surface area contributed by atoms with Gasteiger partial charge in [-0.1, -0.05) is 12.8 Å². The van der Waals surface area contributed by atoms with Gasteiger partial charge in [0, 0.05) is 43.8 Å². The van der Waals surface area contributed by atoms with E-state index < -0.39 is 5.60 Å². The number of hydroxylamine groups is 1. The molecule has 216 valence electrons. The lowest BCUT2D eigenvalue weighted by Gasteiger charge is -2.41. The molecule has 6 N–H and O–H groups in total. The van der Waals surface area contributed by atoms with Crippen molar-refractivity contribution in [3.63, 3.8) is 0 Å². The highest BCUT2D eigenvalue weighted by Gasteiger charge is 2.40. The van der Waals surface area contributed by atoms with Crippen molar-refractivity contribution in [1.29, 1.82) is 0 Å². The van der Waals surface area contributed by atoms with E-state index in [1.807, 2.05) is 20.8 Å². The van der Waals surface area contributed by atoms with Gasteiger partial charge in [0.1, 0.15) is 11.8 Å². The molecule has 6 unspecified atom stereocenters. The smallest absolute Gasteiger partial charge is 0.410 e. The molecule has 3 saturated heterocycles. The van der Waals surface area contributed by atoms with Crippen molar-refractivity contribution in [2.45, 2.75) is 103 Å². The largest absolute Gasteiger partial charge is 0.444 e. The molecule has 38 heavy (non-hydrogen) atoms. The highest BCUT2D eigenvalue weighted by atomic mass is 16.7. The van der Waals surface area contributed by atoms with Crippen LogP contribution < -0.4 is 32.3 Å². The number of nitrogens with one attached hydrogen (secondary N) is 6. The Morgan fingerprint density at radius 3 is 2.76 bits per heavy atom. The Labute approximate surface area is 226 Å². The summed E-state index contributed by atoms with van der Waals surface area (Å²) in [5, 5.41) is 9.91. The Kier molecular flexibility index (Phi) is 10.2. The number of nitrogens with zero attached hydrogens (tertiary/aromatic N) is 1. The van der Waals surface area contributed by atoms with E-state index >= 15 is 0 Å². The van der Waals surface area contributed by atoms with Crippen LogP contribution in [0.3, 0.4) is 0 Å². The second-order valence-corrected chi connectivity index (χ2v) is 12.1. The van der Waals surface area contributed by atoms with Crippen molar-refractivity contribution in [3.8, 4) is 0 Å². The topological polar surface area (TPSA) is 145 Å². The molecule has 6 atom stereocenters. The summed E-state index contributed by atoms with van der Waals surface area (Å²) in [6.45, 7) is 8.29. The van der Waals surface area contributed by atoms with Gasteiger partial charge in [0.15, 0.2) is 0 Å². The monoisotopic (exact) mass is 537 g/mol. The normalized spacial score (nSPS) is 31.9. The van der Waals surface area contributed by atoms with Gasteiger partial charge in [-0.15, -0.1) is 0 Å². The molecular formula is C26H47N7O5. The van der Waals surface area contributed by atoms with Gasteiger partial charge in [-0.25, -0.2) is 10.2 Å². The number of rotatable bonds is 9. The second kappa shape index (κ2) is 13.4. The van der Waals surface area contributed by atoms with E-state index in [4.69, 9.17) is 9.57 Å². The predicted octanol–water partition coefficient (Wildman–Crippen LogP) is 1.05. The maximum Gasteiger partial charge on any atom is 0.410 e. The minimum absolute atomic E-state index is 0.00279. The molecule has 0 bridgehead atoms. The molecule has 3 aliphatic heterocycles. The SMILES string of the molecule is CC(C)(C)OC(=O)N1CCCC(C2NOC(CCC(=O)NCCCNC3NNC(=O)C4CCCCC34)N2)C1. The first-order chi connectivity index (χ1) is 18.2. The predicted molar refractivity (Wildman–Crippen MR) is 141 cm³/mol. The fourth-order valence-electron chi connectivity index (χ4n) is 5.93. The average Bonchev–Trinajstić information content (AvgIpc) is 3.37.